The molecule has 0 aliphatic carbocycles. The number of phenolic OH excluding ortho intramolecular Hbond substituents is 1. The van der Waals surface area contributed by atoms with Crippen LogP contribution in [0.1, 0.15) is 24.2 Å². The lowest BCUT2D eigenvalue weighted by Gasteiger charge is -1.96. The molecule has 1 aromatic carbocycles. The summed E-state index contributed by atoms with van der Waals surface area (Å²) in [5, 5.41) is 15.9. The average molecular weight is 199 g/mol. The van der Waals surface area contributed by atoms with Gasteiger partial charge in [0.2, 0.25) is 0 Å². The van der Waals surface area contributed by atoms with E-state index in [9.17, 15) is 4.79 Å². The first kappa shape index (κ1) is 14.9. The van der Waals surface area contributed by atoms with Crippen LogP contribution in [0.25, 0.3) is 0 Å². The van der Waals surface area contributed by atoms with Crippen LogP contribution in [-0.2, 0) is 0 Å². The molecule has 1 rings (SSSR count). The third kappa shape index (κ3) is 5.16. The summed E-state index contributed by atoms with van der Waals surface area (Å²) in [6.07, 6.45) is 0.606. The molecule has 4 nitrogen and oxygen atoms in total. The normalized spacial score (nSPS) is 7.43. The molecule has 14 heavy (non-hydrogen) atoms. The number of hydrogen-bond donors (Lipinski definition) is 3. The minimum Gasteiger partial charge on any atom is -0.508 e. The third-order valence-electron chi connectivity index (χ3n) is 1.20. The number of aldehydes is 1. The Hall–Kier alpha value is -1.55. The lowest BCUT2D eigenvalue weighted by Crippen LogP contribution is -1.90. The Morgan fingerprint density at radius 1 is 1.29 bits per heavy atom. The van der Waals surface area contributed by atoms with Crippen LogP contribution < -0.4 is 5.73 Å². The standard InChI is InChI=1S/C7H7NO2.C2H6.CH4O/c8-7-2-1-6(10)3-5(7)4-9;2*1-2/h1-4,10H,8H2;1-2H3;2H,1H3. The molecule has 0 saturated carbocycles. The van der Waals surface area contributed by atoms with E-state index in [4.69, 9.17) is 15.9 Å². The summed E-state index contributed by atoms with van der Waals surface area (Å²) in [6, 6.07) is 4.24. The second-order valence-corrected chi connectivity index (χ2v) is 1.93. The van der Waals surface area contributed by atoms with Crippen molar-refractivity contribution in [1.29, 1.82) is 0 Å². The van der Waals surface area contributed by atoms with Crippen molar-refractivity contribution in [2.75, 3.05) is 12.8 Å². The fourth-order valence-corrected chi connectivity index (χ4v) is 0.664. The maximum atomic E-state index is 10.2. The number of carbonyl (C=O) groups excluding carboxylic acids is 1. The fraction of sp³-hybridized carbons (Fsp3) is 0.300. The molecule has 1 aromatic rings. The highest BCUT2D eigenvalue weighted by atomic mass is 16.3. The average Bonchev–Trinajstić information content (AvgIpc) is 2.27. The van der Waals surface area contributed by atoms with Gasteiger partial charge in [0.1, 0.15) is 5.75 Å². The van der Waals surface area contributed by atoms with Gasteiger partial charge in [-0.15, -0.1) is 0 Å². The van der Waals surface area contributed by atoms with E-state index in [0.29, 0.717) is 17.5 Å². The Morgan fingerprint density at radius 2 is 1.79 bits per heavy atom. The van der Waals surface area contributed by atoms with Crippen LogP contribution in [0, 0.1) is 0 Å². The molecule has 4 N–H and O–H groups in total. The van der Waals surface area contributed by atoms with E-state index in [-0.39, 0.29) is 5.75 Å². The van der Waals surface area contributed by atoms with Crippen molar-refractivity contribution in [3.05, 3.63) is 23.8 Å². The van der Waals surface area contributed by atoms with E-state index in [2.05, 4.69) is 0 Å². The molecule has 0 atom stereocenters. The largest absolute Gasteiger partial charge is 0.508 e. The lowest BCUT2D eigenvalue weighted by molar-refractivity contribution is 0.112. The van der Waals surface area contributed by atoms with Gasteiger partial charge in [0.05, 0.1) is 0 Å². The summed E-state index contributed by atoms with van der Waals surface area (Å²) in [5.74, 6) is 0.0521. The van der Waals surface area contributed by atoms with Crippen molar-refractivity contribution >= 4 is 12.0 Å². The number of nitrogen functional groups attached to an aromatic ring is 1. The molecule has 0 saturated heterocycles. The molecule has 0 aromatic heterocycles. The molecule has 80 valence electrons. The third-order valence-corrected chi connectivity index (χ3v) is 1.20. The number of nitrogens with two attached hydrogens (primary N) is 1. The van der Waals surface area contributed by atoms with Gasteiger partial charge in [-0.25, -0.2) is 0 Å². The van der Waals surface area contributed by atoms with E-state index in [0.717, 1.165) is 7.11 Å². The SMILES string of the molecule is CC.CO.Nc1ccc(O)cc1C=O. The van der Waals surface area contributed by atoms with E-state index < -0.39 is 0 Å². The van der Waals surface area contributed by atoms with Crippen molar-refractivity contribution in [3.8, 4) is 5.75 Å². The Labute approximate surface area is 84.0 Å². The number of carbonyl (C=O) groups is 1. The van der Waals surface area contributed by atoms with Crippen molar-refractivity contribution in [2.24, 2.45) is 0 Å². The number of hydrogen-bond acceptors (Lipinski definition) is 4. The molecule has 0 aliphatic rings. The van der Waals surface area contributed by atoms with E-state index >= 15 is 0 Å². The van der Waals surface area contributed by atoms with Crippen LogP contribution in [0.5, 0.6) is 5.75 Å². The van der Waals surface area contributed by atoms with Crippen molar-refractivity contribution in [2.45, 2.75) is 13.8 Å². The van der Waals surface area contributed by atoms with Gasteiger partial charge in [-0.2, -0.15) is 0 Å². The van der Waals surface area contributed by atoms with Gasteiger partial charge in [0, 0.05) is 18.4 Å². The molecule has 0 unspecified atom stereocenters. The summed E-state index contributed by atoms with van der Waals surface area (Å²) in [5.41, 5.74) is 6.06. The van der Waals surface area contributed by atoms with Crippen LogP contribution in [-0.4, -0.2) is 23.6 Å². The van der Waals surface area contributed by atoms with Crippen molar-refractivity contribution in [3.63, 3.8) is 0 Å². The molecule has 0 fully saturated rings. The molecule has 0 heterocycles. The van der Waals surface area contributed by atoms with E-state index in [1.807, 2.05) is 13.8 Å². The number of phenols is 1. The van der Waals surface area contributed by atoms with Crippen LogP contribution in [0.2, 0.25) is 0 Å². The van der Waals surface area contributed by atoms with Crippen LogP contribution in [0.15, 0.2) is 18.2 Å². The zero-order valence-electron chi connectivity index (χ0n) is 8.69. The minimum atomic E-state index is 0.0521. The van der Waals surface area contributed by atoms with Crippen LogP contribution in [0.4, 0.5) is 5.69 Å². The first-order valence-electron chi connectivity index (χ1n) is 4.22. The molecule has 0 aliphatic heterocycles. The maximum absolute atomic E-state index is 10.2. The highest BCUT2D eigenvalue weighted by Gasteiger charge is 1.96. The molecule has 0 bridgehead atoms. The fourth-order valence-electron chi connectivity index (χ4n) is 0.664. The summed E-state index contributed by atoms with van der Waals surface area (Å²) in [7, 11) is 1.00. The summed E-state index contributed by atoms with van der Waals surface area (Å²) < 4.78 is 0. The molecule has 4 heteroatoms. The number of aliphatic hydroxyl groups is 1. The van der Waals surface area contributed by atoms with Gasteiger partial charge in [-0.05, 0) is 18.2 Å². The summed E-state index contributed by atoms with van der Waals surface area (Å²) in [4.78, 5) is 10.2. The lowest BCUT2D eigenvalue weighted by atomic mass is 10.2. The molecular weight excluding hydrogens is 182 g/mol. The molecule has 0 spiro atoms. The zero-order valence-corrected chi connectivity index (χ0v) is 8.69. The van der Waals surface area contributed by atoms with Gasteiger partial charge >= 0.3 is 0 Å². The number of anilines is 1. The van der Waals surface area contributed by atoms with Gasteiger partial charge in [0.15, 0.2) is 6.29 Å². The van der Waals surface area contributed by atoms with Crippen LogP contribution >= 0.6 is 0 Å². The maximum Gasteiger partial charge on any atom is 0.152 e. The topological polar surface area (TPSA) is 83.6 Å². The first-order valence-corrected chi connectivity index (χ1v) is 4.22. The Morgan fingerprint density at radius 3 is 2.14 bits per heavy atom. The minimum absolute atomic E-state index is 0.0521. The van der Waals surface area contributed by atoms with E-state index in [1.54, 1.807) is 0 Å². The first-order chi connectivity index (χ1) is 6.74. The number of rotatable bonds is 1. The predicted octanol–water partition coefficient (Wildman–Crippen LogP) is 1.42. The van der Waals surface area contributed by atoms with Gasteiger partial charge in [-0.3, -0.25) is 4.79 Å². The van der Waals surface area contributed by atoms with E-state index in [1.165, 1.54) is 18.2 Å². The second-order valence-electron chi connectivity index (χ2n) is 1.93. The number of benzene rings is 1. The van der Waals surface area contributed by atoms with Crippen molar-refractivity contribution < 1.29 is 15.0 Å². The summed E-state index contributed by atoms with van der Waals surface area (Å²) >= 11 is 0. The quantitative estimate of drug-likeness (QED) is 0.363. The second kappa shape index (κ2) is 9.54. The number of aromatic hydroxyl groups is 1. The smallest absolute Gasteiger partial charge is 0.152 e. The van der Waals surface area contributed by atoms with Crippen molar-refractivity contribution in [1.82, 2.24) is 0 Å². The van der Waals surface area contributed by atoms with Gasteiger partial charge in [-0.1, -0.05) is 13.8 Å². The monoisotopic (exact) mass is 199 g/mol. The number of aliphatic hydroxyl groups excluding tert-OH is 1. The summed E-state index contributed by atoms with van der Waals surface area (Å²) in [6.45, 7) is 4.00. The Balaban J connectivity index is 0. The predicted molar refractivity (Wildman–Crippen MR) is 57.4 cm³/mol. The highest BCUT2D eigenvalue weighted by Crippen LogP contribution is 2.15. The highest BCUT2D eigenvalue weighted by molar-refractivity contribution is 5.83. The van der Waals surface area contributed by atoms with Gasteiger partial charge < -0.3 is 15.9 Å². The van der Waals surface area contributed by atoms with Crippen LogP contribution in [0.3, 0.4) is 0 Å². The zero-order chi connectivity index (χ0) is 11.6. The molecule has 0 radical (unpaired) electrons. The Bertz CT molecular complexity index is 262. The van der Waals surface area contributed by atoms with Gasteiger partial charge in [0.25, 0.3) is 0 Å². The Kier molecular flexibility index (Phi) is 10.2. The molecular formula is C10H17NO3. The molecule has 0 amide bonds.